The van der Waals surface area contributed by atoms with Gasteiger partial charge in [-0.05, 0) is 43.2 Å². The zero-order valence-electron chi connectivity index (χ0n) is 16.4. The summed E-state index contributed by atoms with van der Waals surface area (Å²) in [6.07, 6.45) is 4.00. The Morgan fingerprint density at radius 1 is 1.37 bits per heavy atom. The summed E-state index contributed by atoms with van der Waals surface area (Å²) in [4.78, 5) is 30.0. The fourth-order valence-electron chi connectivity index (χ4n) is 3.79. The van der Waals surface area contributed by atoms with Crippen molar-refractivity contribution in [1.29, 1.82) is 0 Å². The number of hydrogen-bond donors (Lipinski definition) is 2. The van der Waals surface area contributed by atoms with E-state index >= 15 is 0 Å². The van der Waals surface area contributed by atoms with Crippen LogP contribution in [0.3, 0.4) is 0 Å². The molecule has 1 atom stereocenters. The van der Waals surface area contributed by atoms with Crippen LogP contribution in [0.2, 0.25) is 0 Å². The molecular weight excluding hydrogens is 342 g/mol. The number of nitrogens with one attached hydrogen (secondary N) is 2. The lowest BCUT2D eigenvalue weighted by Crippen LogP contribution is -2.38. The number of para-hydroxylation sites is 1. The van der Waals surface area contributed by atoms with Crippen molar-refractivity contribution in [1.82, 2.24) is 15.2 Å². The molecule has 146 valence electrons. The molecule has 3 rings (SSSR count). The number of rotatable bonds is 7. The highest BCUT2D eigenvalue weighted by molar-refractivity contribution is 6.07. The van der Waals surface area contributed by atoms with E-state index in [-0.39, 0.29) is 18.4 Å². The van der Waals surface area contributed by atoms with Crippen LogP contribution in [0.1, 0.15) is 41.4 Å². The normalized spacial score (nSPS) is 16.2. The Kier molecular flexibility index (Phi) is 6.16. The number of ether oxygens (including phenoxy) is 1. The van der Waals surface area contributed by atoms with Crippen molar-refractivity contribution in [2.75, 3.05) is 33.9 Å². The van der Waals surface area contributed by atoms with E-state index in [1.54, 1.807) is 14.2 Å². The Labute approximate surface area is 160 Å². The fraction of sp³-hybridized carbons (Fsp3) is 0.524. The number of H-pyrrole nitrogens is 1. The van der Waals surface area contributed by atoms with Crippen molar-refractivity contribution < 1.29 is 14.3 Å². The number of aromatic nitrogens is 1. The van der Waals surface area contributed by atoms with Crippen molar-refractivity contribution in [2.45, 2.75) is 32.6 Å². The molecule has 0 radical (unpaired) electrons. The van der Waals surface area contributed by atoms with E-state index in [9.17, 15) is 9.59 Å². The number of aryl methyl sites for hydroxylation is 1. The number of likely N-dealkylation sites (N-methyl/N-ethyl adjacent to an activating group) is 1. The molecule has 1 heterocycles. The van der Waals surface area contributed by atoms with Gasteiger partial charge in [-0.2, -0.15) is 0 Å². The van der Waals surface area contributed by atoms with E-state index < -0.39 is 0 Å². The summed E-state index contributed by atoms with van der Waals surface area (Å²) in [6.45, 7) is 3.47. The van der Waals surface area contributed by atoms with Gasteiger partial charge >= 0.3 is 0 Å². The number of carbonyl (C=O) groups is 2. The average Bonchev–Trinajstić information content (AvgIpc) is 3.02. The largest absolute Gasteiger partial charge is 0.385 e. The van der Waals surface area contributed by atoms with Gasteiger partial charge in [-0.3, -0.25) is 9.59 Å². The molecular formula is C21H29N3O3. The second-order valence-electron chi connectivity index (χ2n) is 7.52. The van der Waals surface area contributed by atoms with E-state index in [4.69, 9.17) is 4.74 Å². The van der Waals surface area contributed by atoms with Gasteiger partial charge in [-0.1, -0.05) is 19.1 Å². The zero-order valence-corrected chi connectivity index (χ0v) is 16.4. The molecule has 2 amide bonds. The first kappa shape index (κ1) is 19.4. The molecule has 6 heteroatoms. The fourth-order valence-corrected chi connectivity index (χ4v) is 3.79. The second-order valence-corrected chi connectivity index (χ2v) is 7.52. The van der Waals surface area contributed by atoms with Crippen LogP contribution in [0.15, 0.2) is 18.2 Å². The van der Waals surface area contributed by atoms with Gasteiger partial charge in [0.25, 0.3) is 5.91 Å². The molecule has 1 aromatic heterocycles. The van der Waals surface area contributed by atoms with Crippen LogP contribution in [0.25, 0.3) is 10.9 Å². The van der Waals surface area contributed by atoms with Crippen LogP contribution in [0, 0.1) is 5.92 Å². The van der Waals surface area contributed by atoms with Crippen LogP contribution >= 0.6 is 0 Å². The lowest BCUT2D eigenvalue weighted by molar-refractivity contribution is -0.121. The third-order valence-corrected chi connectivity index (χ3v) is 5.27. The Morgan fingerprint density at radius 2 is 2.19 bits per heavy atom. The molecule has 1 aromatic carbocycles. The summed E-state index contributed by atoms with van der Waals surface area (Å²) >= 11 is 0. The van der Waals surface area contributed by atoms with Gasteiger partial charge in [0.2, 0.25) is 5.91 Å². The number of hydrogen-bond acceptors (Lipinski definition) is 3. The zero-order chi connectivity index (χ0) is 19.4. The highest BCUT2D eigenvalue weighted by atomic mass is 16.5. The van der Waals surface area contributed by atoms with Crippen molar-refractivity contribution in [3.63, 3.8) is 0 Å². The number of benzene rings is 1. The number of methoxy groups -OCH3 is 1. The monoisotopic (exact) mass is 371 g/mol. The molecule has 2 aromatic rings. The quantitative estimate of drug-likeness (QED) is 0.735. The molecule has 0 aliphatic heterocycles. The van der Waals surface area contributed by atoms with Gasteiger partial charge in [0.05, 0.1) is 17.6 Å². The second kappa shape index (κ2) is 8.57. The van der Waals surface area contributed by atoms with E-state index in [0.29, 0.717) is 24.6 Å². The smallest absolute Gasteiger partial charge is 0.256 e. The van der Waals surface area contributed by atoms with Crippen molar-refractivity contribution in [3.05, 3.63) is 35.0 Å². The predicted octanol–water partition coefficient (Wildman–Crippen LogP) is 2.52. The van der Waals surface area contributed by atoms with Gasteiger partial charge in [-0.25, -0.2) is 0 Å². The predicted molar refractivity (Wildman–Crippen MR) is 106 cm³/mol. The molecule has 1 aliphatic carbocycles. The third-order valence-electron chi connectivity index (χ3n) is 5.27. The highest BCUT2D eigenvalue weighted by Gasteiger charge is 2.23. The number of fused-ring (bicyclic) bond motifs is 3. The van der Waals surface area contributed by atoms with Gasteiger partial charge in [0, 0.05) is 38.4 Å². The van der Waals surface area contributed by atoms with Crippen molar-refractivity contribution in [3.8, 4) is 0 Å². The molecule has 0 fully saturated rings. The number of nitrogens with zero attached hydrogens (tertiary/aromatic N) is 1. The highest BCUT2D eigenvalue weighted by Crippen LogP contribution is 2.33. The summed E-state index contributed by atoms with van der Waals surface area (Å²) in [7, 11) is 3.30. The van der Waals surface area contributed by atoms with E-state index in [0.717, 1.165) is 30.2 Å². The standard InChI is InChI=1S/C21H29N3O3/c1-14-8-9-18-17(12-14)15-6-4-7-16(20(15)23-18)21(26)24(2)13-19(25)22-10-5-11-27-3/h4,6-7,14,23H,5,8-13H2,1-3H3,(H,22,25). The number of amides is 2. The molecule has 0 bridgehead atoms. The molecule has 0 spiro atoms. The van der Waals surface area contributed by atoms with E-state index in [1.807, 2.05) is 12.1 Å². The van der Waals surface area contributed by atoms with Crippen molar-refractivity contribution in [2.24, 2.45) is 5.92 Å². The van der Waals surface area contributed by atoms with E-state index in [1.165, 1.54) is 22.6 Å². The van der Waals surface area contributed by atoms with Crippen LogP contribution < -0.4 is 5.32 Å². The Balaban J connectivity index is 1.73. The first-order valence-corrected chi connectivity index (χ1v) is 9.64. The summed E-state index contributed by atoms with van der Waals surface area (Å²) in [5, 5.41) is 3.95. The van der Waals surface area contributed by atoms with E-state index in [2.05, 4.69) is 23.3 Å². The van der Waals surface area contributed by atoms with Crippen LogP contribution in [-0.4, -0.2) is 55.6 Å². The topological polar surface area (TPSA) is 74.4 Å². The maximum Gasteiger partial charge on any atom is 0.256 e. The molecule has 1 aliphatic rings. The first-order valence-electron chi connectivity index (χ1n) is 9.64. The Hall–Kier alpha value is -2.34. The van der Waals surface area contributed by atoms with Gasteiger partial charge < -0.3 is 19.9 Å². The van der Waals surface area contributed by atoms with Gasteiger partial charge in [-0.15, -0.1) is 0 Å². The lowest BCUT2D eigenvalue weighted by atomic mass is 9.87. The number of carbonyl (C=O) groups excluding carboxylic acids is 2. The Morgan fingerprint density at radius 3 is 2.96 bits per heavy atom. The van der Waals surface area contributed by atoms with Crippen LogP contribution in [0.4, 0.5) is 0 Å². The van der Waals surface area contributed by atoms with Crippen LogP contribution in [0.5, 0.6) is 0 Å². The SMILES string of the molecule is COCCCNC(=O)CN(C)C(=O)c1cccc2c3c([nH]c12)CCC(C)C3. The van der Waals surface area contributed by atoms with Crippen LogP contribution in [-0.2, 0) is 22.4 Å². The summed E-state index contributed by atoms with van der Waals surface area (Å²) in [5.74, 6) is 0.369. The third kappa shape index (κ3) is 4.33. The maximum absolute atomic E-state index is 13.0. The number of aromatic amines is 1. The molecule has 0 saturated heterocycles. The summed E-state index contributed by atoms with van der Waals surface area (Å²) in [5.41, 5.74) is 4.12. The first-order chi connectivity index (χ1) is 13.0. The lowest BCUT2D eigenvalue weighted by Gasteiger charge is -2.18. The minimum absolute atomic E-state index is 0.0413. The minimum atomic E-state index is -0.159. The summed E-state index contributed by atoms with van der Waals surface area (Å²) in [6, 6.07) is 5.85. The summed E-state index contributed by atoms with van der Waals surface area (Å²) < 4.78 is 4.96. The molecule has 1 unspecified atom stereocenters. The van der Waals surface area contributed by atoms with Gasteiger partial charge in [0.1, 0.15) is 0 Å². The van der Waals surface area contributed by atoms with Gasteiger partial charge in [0.15, 0.2) is 0 Å². The molecule has 2 N–H and O–H groups in total. The Bertz CT molecular complexity index is 827. The molecule has 27 heavy (non-hydrogen) atoms. The molecule has 0 saturated carbocycles. The average molecular weight is 371 g/mol. The van der Waals surface area contributed by atoms with Crippen molar-refractivity contribution >= 4 is 22.7 Å². The minimum Gasteiger partial charge on any atom is -0.385 e. The maximum atomic E-state index is 13.0. The molecule has 6 nitrogen and oxygen atoms in total.